The summed E-state index contributed by atoms with van der Waals surface area (Å²) >= 11 is 0. The molecule has 0 aromatic heterocycles. The predicted octanol–water partition coefficient (Wildman–Crippen LogP) is 1.35. The highest BCUT2D eigenvalue weighted by atomic mass is 32.2. The first kappa shape index (κ1) is 19.9. The van der Waals surface area contributed by atoms with E-state index in [1.807, 2.05) is 38.1 Å². The minimum Gasteiger partial charge on any atom is -0.370 e. The van der Waals surface area contributed by atoms with Gasteiger partial charge in [0.1, 0.15) is 0 Å². The number of aliphatic imine (C=N–C) groups is 1. The first-order valence-electron chi connectivity index (χ1n) is 7.26. The Morgan fingerprint density at radius 3 is 2.33 bits per heavy atom. The summed E-state index contributed by atoms with van der Waals surface area (Å²) in [5.74, 6) is -0.541. The van der Waals surface area contributed by atoms with Gasteiger partial charge >= 0.3 is 0 Å². The van der Waals surface area contributed by atoms with Crippen molar-refractivity contribution in [1.29, 1.82) is 0 Å². The molecule has 0 radical (unpaired) electrons. The minimum absolute atomic E-state index is 0.195. The van der Waals surface area contributed by atoms with Gasteiger partial charge in [-0.05, 0) is 35.5 Å². The molecule has 132 valence electrons. The number of carbonyl (C=O) groups excluding carboxylic acids is 1. The summed E-state index contributed by atoms with van der Waals surface area (Å²) in [5.41, 5.74) is 13.3. The van der Waals surface area contributed by atoms with E-state index in [0.29, 0.717) is 11.8 Å². The van der Waals surface area contributed by atoms with E-state index in [2.05, 4.69) is 11.1 Å². The van der Waals surface area contributed by atoms with Crippen LogP contribution >= 0.6 is 0 Å². The summed E-state index contributed by atoms with van der Waals surface area (Å²) in [7, 11) is -3.67. The summed E-state index contributed by atoms with van der Waals surface area (Å²) in [6.07, 6.45) is 4.46. The number of guanidine groups is 1. The molecule has 1 aromatic rings. The number of benzene rings is 1. The Hall–Kier alpha value is -2.19. The lowest BCUT2D eigenvalue weighted by atomic mass is 9.80. The van der Waals surface area contributed by atoms with E-state index in [0.717, 1.165) is 18.4 Å². The fourth-order valence-electron chi connectivity index (χ4n) is 2.36. The molecule has 0 spiro atoms. The predicted molar refractivity (Wildman–Crippen MR) is 94.8 cm³/mol. The number of nitrogens with two attached hydrogens (primary N) is 2. The van der Waals surface area contributed by atoms with E-state index in [-0.39, 0.29) is 17.3 Å². The van der Waals surface area contributed by atoms with Crippen LogP contribution in [0.1, 0.15) is 31.4 Å². The summed E-state index contributed by atoms with van der Waals surface area (Å²) < 4.78 is 25.9. The number of hydrogen-bond donors (Lipinski definition) is 3. The Kier molecular flexibility index (Phi) is 6.28. The van der Waals surface area contributed by atoms with Crippen LogP contribution in [0, 0.1) is 5.41 Å². The average Bonchev–Trinajstić information content (AvgIpc) is 2.53. The number of rotatable bonds is 1. The minimum atomic E-state index is -3.67. The quantitative estimate of drug-likeness (QED) is 0.396. The van der Waals surface area contributed by atoms with Crippen LogP contribution in [0.3, 0.4) is 0 Å². The van der Waals surface area contributed by atoms with Crippen LogP contribution in [-0.4, -0.2) is 31.1 Å². The molecule has 1 amide bonds. The average molecular weight is 353 g/mol. The summed E-state index contributed by atoms with van der Waals surface area (Å²) in [6.45, 7) is 4.09. The number of amides is 1. The maximum Gasteiger partial charge on any atom is 0.276 e. The van der Waals surface area contributed by atoms with E-state index < -0.39 is 10.1 Å². The van der Waals surface area contributed by atoms with E-state index in [4.69, 9.17) is 16.0 Å². The third-order valence-corrected chi connectivity index (χ3v) is 3.56. The number of fused-ring (bicyclic) bond motifs is 1. The van der Waals surface area contributed by atoms with Crippen LogP contribution in [0.5, 0.6) is 0 Å². The van der Waals surface area contributed by atoms with Crippen molar-refractivity contribution in [2.45, 2.75) is 26.7 Å². The maximum atomic E-state index is 12.2. The Labute approximate surface area is 142 Å². The van der Waals surface area contributed by atoms with E-state index in [1.165, 1.54) is 5.56 Å². The fraction of sp³-hybridized carbons (Fsp3) is 0.375. The van der Waals surface area contributed by atoms with E-state index in [1.54, 1.807) is 0 Å². The van der Waals surface area contributed by atoms with Crippen molar-refractivity contribution in [2.75, 3.05) is 6.26 Å². The molecule has 7 nitrogen and oxygen atoms in total. The van der Waals surface area contributed by atoms with Gasteiger partial charge in [0, 0.05) is 5.57 Å². The molecule has 8 heteroatoms. The highest BCUT2D eigenvalue weighted by molar-refractivity contribution is 7.85. The molecule has 0 fully saturated rings. The van der Waals surface area contributed by atoms with Crippen molar-refractivity contribution in [3.63, 3.8) is 0 Å². The van der Waals surface area contributed by atoms with Crippen molar-refractivity contribution in [3.05, 3.63) is 41.0 Å². The molecular formula is C16H23N3O4S. The van der Waals surface area contributed by atoms with Crippen LogP contribution in [0.15, 0.2) is 34.8 Å². The molecule has 0 saturated carbocycles. The van der Waals surface area contributed by atoms with Crippen LogP contribution < -0.4 is 11.5 Å². The van der Waals surface area contributed by atoms with Gasteiger partial charge in [-0.1, -0.05) is 38.1 Å². The topological polar surface area (TPSA) is 136 Å². The van der Waals surface area contributed by atoms with Gasteiger partial charge < -0.3 is 11.5 Å². The highest BCUT2D eigenvalue weighted by Crippen LogP contribution is 2.37. The lowest BCUT2D eigenvalue weighted by Crippen LogP contribution is -2.27. The summed E-state index contributed by atoms with van der Waals surface area (Å²) in [6, 6.07) is 8.09. The standard InChI is InChI=1S/C15H19N3O.CH4O3S/c1-15(2)8-7-10-5-3-4-6-11(10)9-12(15)13(19)18-14(16)17;1-5(2,3)4/h3-6,9H,7-8H2,1-2H3,(H4,16,17,18,19);1H3,(H,2,3,4). The second-order valence-electron chi connectivity index (χ2n) is 6.22. The zero-order valence-corrected chi connectivity index (χ0v) is 14.8. The number of aryl methyl sites for hydroxylation is 1. The lowest BCUT2D eigenvalue weighted by molar-refractivity contribution is -0.115. The zero-order chi connectivity index (χ0) is 18.5. The Morgan fingerprint density at radius 1 is 1.25 bits per heavy atom. The van der Waals surface area contributed by atoms with Crippen molar-refractivity contribution < 1.29 is 17.8 Å². The molecule has 1 aromatic carbocycles. The van der Waals surface area contributed by atoms with Gasteiger partial charge in [0.25, 0.3) is 16.0 Å². The van der Waals surface area contributed by atoms with Crippen LogP contribution in [0.25, 0.3) is 6.08 Å². The number of carbonyl (C=O) groups is 1. The molecule has 0 bridgehead atoms. The van der Waals surface area contributed by atoms with Gasteiger partial charge in [0.05, 0.1) is 6.26 Å². The SMILES string of the molecule is CC1(C)CCc2ccccc2C=C1C(=O)N=C(N)N.CS(=O)(=O)O. The smallest absolute Gasteiger partial charge is 0.276 e. The van der Waals surface area contributed by atoms with Crippen molar-refractivity contribution in [3.8, 4) is 0 Å². The van der Waals surface area contributed by atoms with Gasteiger partial charge in [-0.25, -0.2) is 0 Å². The second kappa shape index (κ2) is 7.59. The molecule has 5 N–H and O–H groups in total. The molecule has 0 unspecified atom stereocenters. The summed E-state index contributed by atoms with van der Waals surface area (Å²) in [5, 5.41) is 0. The first-order valence-corrected chi connectivity index (χ1v) is 9.11. The van der Waals surface area contributed by atoms with Crippen molar-refractivity contribution in [2.24, 2.45) is 21.9 Å². The third kappa shape index (κ3) is 6.51. The first-order chi connectivity index (χ1) is 10.9. The number of hydrogen-bond acceptors (Lipinski definition) is 3. The Bertz CT molecular complexity index is 768. The molecule has 2 rings (SSSR count). The van der Waals surface area contributed by atoms with Crippen LogP contribution in [0.2, 0.25) is 0 Å². The molecule has 0 aliphatic heterocycles. The lowest BCUT2D eigenvalue weighted by Gasteiger charge is -2.24. The number of nitrogens with zero attached hydrogens (tertiary/aromatic N) is 1. The van der Waals surface area contributed by atoms with E-state index in [9.17, 15) is 13.2 Å². The maximum absolute atomic E-state index is 12.2. The molecule has 24 heavy (non-hydrogen) atoms. The second-order valence-corrected chi connectivity index (χ2v) is 7.68. The third-order valence-electron chi connectivity index (χ3n) is 3.56. The van der Waals surface area contributed by atoms with Gasteiger partial charge in [0.15, 0.2) is 5.96 Å². The molecule has 1 aliphatic rings. The van der Waals surface area contributed by atoms with E-state index >= 15 is 0 Å². The van der Waals surface area contributed by atoms with Crippen LogP contribution in [-0.2, 0) is 21.3 Å². The van der Waals surface area contributed by atoms with Gasteiger partial charge in [-0.15, -0.1) is 0 Å². The monoisotopic (exact) mass is 353 g/mol. The fourth-order valence-corrected chi connectivity index (χ4v) is 2.36. The van der Waals surface area contributed by atoms with Crippen molar-refractivity contribution in [1.82, 2.24) is 0 Å². The molecule has 0 saturated heterocycles. The molecule has 1 aliphatic carbocycles. The molecule has 0 atom stereocenters. The molecule has 0 heterocycles. The van der Waals surface area contributed by atoms with Gasteiger partial charge in [0.2, 0.25) is 0 Å². The Morgan fingerprint density at radius 2 is 1.79 bits per heavy atom. The van der Waals surface area contributed by atoms with Gasteiger partial charge in [-0.3, -0.25) is 9.35 Å². The largest absolute Gasteiger partial charge is 0.370 e. The highest BCUT2D eigenvalue weighted by Gasteiger charge is 2.30. The Balaban J connectivity index is 0.000000505. The summed E-state index contributed by atoms with van der Waals surface area (Å²) in [4.78, 5) is 15.8. The normalized spacial score (nSPS) is 15.8. The van der Waals surface area contributed by atoms with Crippen molar-refractivity contribution >= 4 is 28.1 Å². The van der Waals surface area contributed by atoms with Crippen LogP contribution in [0.4, 0.5) is 0 Å². The van der Waals surface area contributed by atoms with Gasteiger partial charge in [-0.2, -0.15) is 13.4 Å². The zero-order valence-electron chi connectivity index (χ0n) is 14.0. The molecular weight excluding hydrogens is 330 g/mol.